The first-order valence-electron chi connectivity index (χ1n) is 11.1. The van der Waals surface area contributed by atoms with E-state index in [0.717, 1.165) is 24.2 Å². The minimum absolute atomic E-state index is 0.0157. The number of carbonyl (C=O) groups excluding carboxylic acids is 1. The zero-order chi connectivity index (χ0) is 20.5. The fourth-order valence-electron chi connectivity index (χ4n) is 5.48. The van der Waals surface area contributed by atoms with E-state index < -0.39 is 0 Å². The molecule has 1 aromatic heterocycles. The van der Waals surface area contributed by atoms with Crippen LogP contribution in [0, 0.1) is 0 Å². The number of nitrogens with one attached hydrogen (secondary N) is 1. The summed E-state index contributed by atoms with van der Waals surface area (Å²) in [6.07, 6.45) is 5.79. The van der Waals surface area contributed by atoms with E-state index in [1.165, 1.54) is 41.6 Å². The zero-order valence-electron chi connectivity index (χ0n) is 18.2. The summed E-state index contributed by atoms with van der Waals surface area (Å²) in [6.45, 7) is 10.1. The molecule has 4 rings (SSSR count). The number of nitrogens with zero attached hydrogens (tertiary/aromatic N) is 3. The van der Waals surface area contributed by atoms with Crippen LogP contribution in [0.25, 0.3) is 10.9 Å². The van der Waals surface area contributed by atoms with Gasteiger partial charge in [0.2, 0.25) is 0 Å². The lowest BCUT2D eigenvalue weighted by atomic mass is 9.74. The lowest BCUT2D eigenvalue weighted by Gasteiger charge is -2.44. The Bertz CT molecular complexity index is 889. The number of rotatable bonds is 6. The van der Waals surface area contributed by atoms with Gasteiger partial charge < -0.3 is 4.90 Å². The highest BCUT2D eigenvalue weighted by atomic mass is 32.2. The van der Waals surface area contributed by atoms with Crippen LogP contribution in [0.3, 0.4) is 0 Å². The van der Waals surface area contributed by atoms with Crippen molar-refractivity contribution in [2.24, 2.45) is 0 Å². The van der Waals surface area contributed by atoms with E-state index in [2.05, 4.69) is 46.4 Å². The lowest BCUT2D eigenvalue weighted by Crippen LogP contribution is -2.46. The molecule has 158 valence electrons. The molecule has 0 spiro atoms. The Morgan fingerprint density at radius 2 is 2.07 bits per heavy atom. The predicted octanol–water partition coefficient (Wildman–Crippen LogP) is 4.63. The SMILES string of the molecule is CCN(CC)C(=O)Nn1c(CSC)c2c3c(cccc31)[C@H]1CCCN(CC)[C@@H]1C2. The summed E-state index contributed by atoms with van der Waals surface area (Å²) >= 11 is 1.83. The van der Waals surface area contributed by atoms with Crippen molar-refractivity contribution in [2.75, 3.05) is 37.9 Å². The summed E-state index contributed by atoms with van der Waals surface area (Å²) < 4.78 is 2.10. The summed E-state index contributed by atoms with van der Waals surface area (Å²) in [4.78, 5) is 17.4. The minimum atomic E-state index is -0.0157. The fourth-order valence-corrected chi connectivity index (χ4v) is 6.06. The Morgan fingerprint density at radius 3 is 2.76 bits per heavy atom. The van der Waals surface area contributed by atoms with Gasteiger partial charge in [0.05, 0.1) is 11.2 Å². The van der Waals surface area contributed by atoms with Gasteiger partial charge >= 0.3 is 6.03 Å². The molecule has 1 N–H and O–H groups in total. The van der Waals surface area contributed by atoms with Crippen LogP contribution in [-0.2, 0) is 12.2 Å². The molecule has 2 amide bonds. The maximum absolute atomic E-state index is 12.9. The largest absolute Gasteiger partial charge is 0.336 e. The summed E-state index contributed by atoms with van der Waals surface area (Å²) in [5.74, 6) is 1.52. The second-order valence-corrected chi connectivity index (χ2v) is 9.04. The van der Waals surface area contributed by atoms with Gasteiger partial charge in [0.15, 0.2) is 0 Å². The van der Waals surface area contributed by atoms with Crippen molar-refractivity contribution < 1.29 is 4.79 Å². The second kappa shape index (κ2) is 8.60. The zero-order valence-corrected chi connectivity index (χ0v) is 19.0. The van der Waals surface area contributed by atoms with Crippen LogP contribution in [-0.4, -0.2) is 59.0 Å². The molecule has 29 heavy (non-hydrogen) atoms. The summed E-state index contributed by atoms with van der Waals surface area (Å²) in [5, 5.41) is 1.40. The molecule has 0 saturated carbocycles. The average Bonchev–Trinajstić information content (AvgIpc) is 3.03. The molecule has 0 bridgehead atoms. The summed E-state index contributed by atoms with van der Waals surface area (Å²) in [7, 11) is 0. The van der Waals surface area contributed by atoms with Gasteiger partial charge in [-0.25, -0.2) is 10.2 Å². The highest BCUT2D eigenvalue weighted by Gasteiger charge is 2.38. The highest BCUT2D eigenvalue weighted by Crippen LogP contribution is 2.45. The van der Waals surface area contributed by atoms with E-state index >= 15 is 0 Å². The van der Waals surface area contributed by atoms with Gasteiger partial charge in [0.1, 0.15) is 0 Å². The normalized spacial score (nSPS) is 21.2. The number of urea groups is 1. The van der Waals surface area contributed by atoms with E-state index in [4.69, 9.17) is 0 Å². The third-order valence-electron chi connectivity index (χ3n) is 6.89. The maximum atomic E-state index is 12.9. The third-order valence-corrected chi connectivity index (χ3v) is 7.45. The number of aromatic nitrogens is 1. The second-order valence-electron chi connectivity index (χ2n) is 8.17. The monoisotopic (exact) mass is 414 g/mol. The number of piperidine rings is 1. The molecule has 1 saturated heterocycles. The first-order valence-corrected chi connectivity index (χ1v) is 12.5. The highest BCUT2D eigenvalue weighted by molar-refractivity contribution is 7.97. The molecule has 2 aliphatic rings. The molecule has 2 heterocycles. The van der Waals surface area contributed by atoms with Gasteiger partial charge in [-0.2, -0.15) is 11.8 Å². The molecular formula is C23H34N4OS. The van der Waals surface area contributed by atoms with E-state index in [1.807, 2.05) is 30.5 Å². The minimum Gasteiger partial charge on any atom is -0.324 e. The molecule has 6 heteroatoms. The van der Waals surface area contributed by atoms with Gasteiger partial charge in [-0.05, 0) is 69.6 Å². The van der Waals surface area contributed by atoms with E-state index in [0.29, 0.717) is 25.0 Å². The number of hydrogen-bond acceptors (Lipinski definition) is 3. The first kappa shape index (κ1) is 20.6. The molecule has 1 aliphatic carbocycles. The van der Waals surface area contributed by atoms with Crippen LogP contribution in [0.15, 0.2) is 18.2 Å². The maximum Gasteiger partial charge on any atom is 0.336 e. The van der Waals surface area contributed by atoms with Crippen LogP contribution in [0.5, 0.6) is 0 Å². The van der Waals surface area contributed by atoms with Gasteiger partial charge in [-0.3, -0.25) is 9.58 Å². The molecule has 5 nitrogen and oxygen atoms in total. The number of benzene rings is 1. The standard InChI is InChI=1S/C23H34N4OS/c1-5-25(6-2)23(28)24-27-19-12-8-10-17-16-11-9-13-26(7-3)20(16)14-18(22(17)19)21(27)15-29-4/h8,10,12,16,20H,5-7,9,11,13-15H2,1-4H3,(H,24,28)/t16-,20-/m1/s1. The van der Waals surface area contributed by atoms with E-state index in [-0.39, 0.29) is 6.03 Å². The Morgan fingerprint density at radius 1 is 1.28 bits per heavy atom. The Balaban J connectivity index is 1.84. The van der Waals surface area contributed by atoms with Crippen molar-refractivity contribution in [2.45, 2.75) is 57.7 Å². The number of likely N-dealkylation sites (N-methyl/N-ethyl adjacent to an activating group) is 1. The molecule has 0 unspecified atom stereocenters. The number of thioether (sulfide) groups is 1. The van der Waals surface area contributed by atoms with E-state index in [1.54, 1.807) is 0 Å². The van der Waals surface area contributed by atoms with Crippen LogP contribution >= 0.6 is 11.8 Å². The lowest BCUT2D eigenvalue weighted by molar-refractivity contribution is 0.131. The van der Waals surface area contributed by atoms with Crippen LogP contribution < -0.4 is 5.43 Å². The summed E-state index contributed by atoms with van der Waals surface area (Å²) in [5.41, 5.74) is 8.60. The van der Waals surface area contributed by atoms with Crippen molar-refractivity contribution in [1.29, 1.82) is 0 Å². The molecule has 1 aliphatic heterocycles. The number of carbonyl (C=O) groups is 1. The van der Waals surface area contributed by atoms with Gasteiger partial charge in [-0.15, -0.1) is 0 Å². The first-order chi connectivity index (χ1) is 14.1. The number of fused-ring (bicyclic) bond motifs is 2. The average molecular weight is 415 g/mol. The molecule has 2 atom stereocenters. The van der Waals surface area contributed by atoms with Crippen molar-refractivity contribution in [3.63, 3.8) is 0 Å². The van der Waals surface area contributed by atoms with Crippen LogP contribution in [0.2, 0.25) is 0 Å². The predicted molar refractivity (Wildman–Crippen MR) is 124 cm³/mol. The molecular weight excluding hydrogens is 380 g/mol. The number of hydrogen-bond donors (Lipinski definition) is 1. The molecule has 2 aromatic rings. The molecule has 1 aromatic carbocycles. The van der Waals surface area contributed by atoms with Crippen molar-refractivity contribution in [3.8, 4) is 0 Å². The van der Waals surface area contributed by atoms with Gasteiger partial charge in [0.25, 0.3) is 0 Å². The van der Waals surface area contributed by atoms with Crippen molar-refractivity contribution in [3.05, 3.63) is 35.0 Å². The van der Waals surface area contributed by atoms with Crippen LogP contribution in [0.1, 0.15) is 56.4 Å². The van der Waals surface area contributed by atoms with E-state index in [9.17, 15) is 4.79 Å². The smallest absolute Gasteiger partial charge is 0.324 e. The Hall–Kier alpha value is -1.66. The number of amides is 2. The molecule has 0 radical (unpaired) electrons. The Kier molecular flexibility index (Phi) is 6.11. The van der Waals surface area contributed by atoms with Crippen LogP contribution in [0.4, 0.5) is 4.79 Å². The quantitative estimate of drug-likeness (QED) is 0.749. The van der Waals surface area contributed by atoms with Gasteiger partial charge in [0, 0.05) is 36.2 Å². The van der Waals surface area contributed by atoms with Crippen molar-refractivity contribution >= 4 is 28.7 Å². The van der Waals surface area contributed by atoms with Gasteiger partial charge in [-0.1, -0.05) is 19.1 Å². The topological polar surface area (TPSA) is 40.5 Å². The fraction of sp³-hybridized carbons (Fsp3) is 0.609. The Labute approximate surface area is 178 Å². The van der Waals surface area contributed by atoms with Crippen molar-refractivity contribution in [1.82, 2.24) is 14.5 Å². The number of likely N-dealkylation sites (tertiary alicyclic amines) is 1. The summed E-state index contributed by atoms with van der Waals surface area (Å²) in [6, 6.07) is 7.26. The molecule has 1 fully saturated rings. The third kappa shape index (κ3) is 3.44.